The monoisotopic (exact) mass is 383 g/mol. The van der Waals surface area contributed by atoms with Crippen molar-refractivity contribution in [2.45, 2.75) is 13.5 Å². The number of nitrogens with zero attached hydrogens (tertiary/aromatic N) is 2. The summed E-state index contributed by atoms with van der Waals surface area (Å²) in [6, 6.07) is 8.29. The van der Waals surface area contributed by atoms with E-state index in [4.69, 9.17) is 11.6 Å². The Labute approximate surface area is 159 Å². The molecule has 0 unspecified atom stereocenters. The van der Waals surface area contributed by atoms with Crippen molar-refractivity contribution in [3.05, 3.63) is 79.6 Å². The summed E-state index contributed by atoms with van der Waals surface area (Å²) < 4.78 is 1.96. The lowest BCUT2D eigenvalue weighted by Gasteiger charge is -2.06. The van der Waals surface area contributed by atoms with Crippen molar-refractivity contribution < 1.29 is 4.79 Å². The van der Waals surface area contributed by atoms with Crippen LogP contribution in [0.15, 0.2) is 53.7 Å². The van der Waals surface area contributed by atoms with Gasteiger partial charge in [0.1, 0.15) is 4.34 Å². The number of thiophene rings is 1. The Morgan fingerprint density at radius 3 is 2.92 bits per heavy atom. The Bertz CT molecular complexity index is 1060. The summed E-state index contributed by atoms with van der Waals surface area (Å²) in [4.78, 5) is 28.5. The minimum atomic E-state index is -0.298. The zero-order valence-electron chi connectivity index (χ0n) is 13.8. The first-order valence-corrected chi connectivity index (χ1v) is 8.99. The number of hydrogen-bond donors (Lipinski definition) is 1. The van der Waals surface area contributed by atoms with Crippen LogP contribution in [-0.2, 0) is 6.54 Å². The molecule has 0 aliphatic rings. The first kappa shape index (κ1) is 17.9. The quantitative estimate of drug-likeness (QED) is 0.702. The number of aryl methyl sites for hydroxylation is 1. The molecule has 1 N–H and O–H groups in total. The van der Waals surface area contributed by atoms with Gasteiger partial charge in [0.25, 0.3) is 11.5 Å². The second kappa shape index (κ2) is 8.00. The van der Waals surface area contributed by atoms with Crippen LogP contribution < -0.4 is 10.9 Å². The molecule has 5 nitrogen and oxygen atoms in total. The Kier molecular flexibility index (Phi) is 5.52. The van der Waals surface area contributed by atoms with Crippen molar-refractivity contribution in [1.29, 1.82) is 0 Å². The van der Waals surface area contributed by atoms with Gasteiger partial charge in [0.05, 0.1) is 16.1 Å². The summed E-state index contributed by atoms with van der Waals surface area (Å²) in [6.45, 7) is 2.39. The van der Waals surface area contributed by atoms with E-state index in [2.05, 4.69) is 22.1 Å². The first-order chi connectivity index (χ1) is 12.6. The molecular formula is C19H14ClN3O2S. The fraction of sp³-hybridized carbons (Fsp3) is 0.105. The molecule has 3 rings (SSSR count). The lowest BCUT2D eigenvalue weighted by molar-refractivity contribution is 0.103. The molecule has 0 fully saturated rings. The molecule has 7 heteroatoms. The Balaban J connectivity index is 1.79. The van der Waals surface area contributed by atoms with E-state index >= 15 is 0 Å². The summed E-state index contributed by atoms with van der Waals surface area (Å²) in [5, 5.41) is 2.77. The molecule has 0 saturated heterocycles. The average Bonchev–Trinajstić information content (AvgIpc) is 3.03. The Hall–Kier alpha value is -2.88. The Morgan fingerprint density at radius 2 is 2.19 bits per heavy atom. The minimum Gasteiger partial charge on any atom is -0.320 e. The van der Waals surface area contributed by atoms with Gasteiger partial charge in [-0.25, -0.2) is 0 Å². The predicted molar refractivity (Wildman–Crippen MR) is 104 cm³/mol. The third-order valence-corrected chi connectivity index (χ3v) is 4.85. The van der Waals surface area contributed by atoms with E-state index in [0.29, 0.717) is 27.0 Å². The van der Waals surface area contributed by atoms with E-state index in [1.807, 2.05) is 13.0 Å². The van der Waals surface area contributed by atoms with Crippen molar-refractivity contribution >= 4 is 34.5 Å². The normalized spacial score (nSPS) is 10.1. The van der Waals surface area contributed by atoms with E-state index in [9.17, 15) is 9.59 Å². The Morgan fingerprint density at radius 1 is 1.35 bits per heavy atom. The molecule has 3 aromatic rings. The topological polar surface area (TPSA) is 64.0 Å². The molecule has 0 spiro atoms. The van der Waals surface area contributed by atoms with Gasteiger partial charge in [0, 0.05) is 36.8 Å². The summed E-state index contributed by atoms with van der Waals surface area (Å²) in [5.74, 6) is 5.62. The molecule has 0 aliphatic carbocycles. The summed E-state index contributed by atoms with van der Waals surface area (Å²) in [5.41, 5.74) is 1.79. The molecule has 3 aromatic heterocycles. The van der Waals surface area contributed by atoms with Gasteiger partial charge in [-0.05, 0) is 31.2 Å². The van der Waals surface area contributed by atoms with Crippen molar-refractivity contribution in [1.82, 2.24) is 9.55 Å². The highest BCUT2D eigenvalue weighted by Crippen LogP contribution is 2.27. The van der Waals surface area contributed by atoms with Crippen LogP contribution in [0.2, 0.25) is 4.34 Å². The van der Waals surface area contributed by atoms with Crippen LogP contribution >= 0.6 is 22.9 Å². The maximum absolute atomic E-state index is 12.4. The third kappa shape index (κ3) is 4.20. The number of anilines is 1. The molecule has 0 bridgehead atoms. The van der Waals surface area contributed by atoms with E-state index < -0.39 is 0 Å². The summed E-state index contributed by atoms with van der Waals surface area (Å²) in [6.07, 6.45) is 4.94. The highest BCUT2D eigenvalue weighted by Gasteiger charge is 2.13. The van der Waals surface area contributed by atoms with E-state index in [1.54, 1.807) is 36.8 Å². The number of hydrogen-bond acceptors (Lipinski definition) is 4. The largest absolute Gasteiger partial charge is 0.320 e. The van der Waals surface area contributed by atoms with Crippen LogP contribution in [-0.4, -0.2) is 15.5 Å². The van der Waals surface area contributed by atoms with Gasteiger partial charge in [-0.15, -0.1) is 11.3 Å². The summed E-state index contributed by atoms with van der Waals surface area (Å²) in [7, 11) is 0. The zero-order chi connectivity index (χ0) is 18.5. The average molecular weight is 384 g/mol. The first-order valence-electron chi connectivity index (χ1n) is 7.80. The molecule has 3 heterocycles. The molecule has 0 atom stereocenters. The number of nitrogens with one attached hydrogen (secondary N) is 1. The fourth-order valence-corrected chi connectivity index (χ4v) is 3.27. The molecular weight excluding hydrogens is 370 g/mol. The van der Waals surface area contributed by atoms with Gasteiger partial charge in [-0.3, -0.25) is 14.6 Å². The number of amides is 1. The maximum Gasteiger partial charge on any atom is 0.265 e. The molecule has 0 aliphatic heterocycles. The van der Waals surface area contributed by atoms with Crippen molar-refractivity contribution in [2.24, 2.45) is 0 Å². The highest BCUT2D eigenvalue weighted by molar-refractivity contribution is 7.18. The highest BCUT2D eigenvalue weighted by atomic mass is 35.5. The molecule has 0 saturated carbocycles. The molecule has 130 valence electrons. The lowest BCUT2D eigenvalue weighted by atomic mass is 10.2. The SMILES string of the molecule is CCn1cc(NC(=O)c2cc(C#Cc3cccnc3)c(Cl)s2)ccc1=O. The van der Waals surface area contributed by atoms with Crippen LogP contribution in [0.5, 0.6) is 0 Å². The van der Waals surface area contributed by atoms with E-state index in [1.165, 1.54) is 10.6 Å². The fourth-order valence-electron chi connectivity index (χ4n) is 2.19. The third-order valence-electron chi connectivity index (χ3n) is 3.50. The van der Waals surface area contributed by atoms with Crippen LogP contribution in [0.1, 0.15) is 27.7 Å². The summed E-state index contributed by atoms with van der Waals surface area (Å²) >= 11 is 7.36. The number of halogens is 1. The smallest absolute Gasteiger partial charge is 0.265 e. The van der Waals surface area contributed by atoms with Crippen LogP contribution in [0.25, 0.3) is 0 Å². The van der Waals surface area contributed by atoms with Gasteiger partial charge < -0.3 is 9.88 Å². The van der Waals surface area contributed by atoms with E-state index in [0.717, 1.165) is 16.9 Å². The van der Waals surface area contributed by atoms with Gasteiger partial charge in [0.15, 0.2) is 0 Å². The number of carbonyl (C=O) groups excluding carboxylic acids is 1. The molecule has 0 radical (unpaired) electrons. The lowest BCUT2D eigenvalue weighted by Crippen LogP contribution is -2.19. The molecule has 0 aromatic carbocycles. The van der Waals surface area contributed by atoms with Crippen LogP contribution in [0.4, 0.5) is 5.69 Å². The molecule has 26 heavy (non-hydrogen) atoms. The van der Waals surface area contributed by atoms with Gasteiger partial charge >= 0.3 is 0 Å². The standard InChI is InChI=1S/C19H14ClN3O2S/c1-2-23-12-15(7-8-17(23)24)22-19(25)16-10-14(18(20)26-16)6-5-13-4-3-9-21-11-13/h3-4,7-12H,2H2,1H3,(H,22,25). The zero-order valence-corrected chi connectivity index (χ0v) is 15.4. The van der Waals surface area contributed by atoms with Gasteiger partial charge in [-0.2, -0.15) is 0 Å². The van der Waals surface area contributed by atoms with Crippen LogP contribution in [0.3, 0.4) is 0 Å². The number of carbonyl (C=O) groups is 1. The van der Waals surface area contributed by atoms with Crippen molar-refractivity contribution in [2.75, 3.05) is 5.32 Å². The minimum absolute atomic E-state index is 0.113. The second-order valence-corrected chi connectivity index (χ2v) is 6.94. The number of aromatic nitrogens is 2. The second-order valence-electron chi connectivity index (χ2n) is 5.29. The van der Waals surface area contributed by atoms with Crippen LogP contribution in [0, 0.1) is 11.8 Å². The van der Waals surface area contributed by atoms with E-state index in [-0.39, 0.29) is 11.5 Å². The number of pyridine rings is 2. The number of rotatable bonds is 3. The molecule has 1 amide bonds. The van der Waals surface area contributed by atoms with Gasteiger partial charge in [0.2, 0.25) is 0 Å². The van der Waals surface area contributed by atoms with Crippen molar-refractivity contribution in [3.63, 3.8) is 0 Å². The van der Waals surface area contributed by atoms with Crippen molar-refractivity contribution in [3.8, 4) is 11.8 Å². The predicted octanol–water partition coefficient (Wildman–Crippen LogP) is 3.63. The van der Waals surface area contributed by atoms with Gasteiger partial charge in [-0.1, -0.05) is 23.4 Å². The maximum atomic E-state index is 12.4.